The van der Waals surface area contributed by atoms with Crippen LogP contribution in [-0.4, -0.2) is 42.6 Å². The molecule has 168 valence electrons. The van der Waals surface area contributed by atoms with E-state index in [2.05, 4.69) is 5.32 Å². The number of ether oxygens (including phenoxy) is 3. The van der Waals surface area contributed by atoms with Gasteiger partial charge in [-0.2, -0.15) is 0 Å². The van der Waals surface area contributed by atoms with Crippen LogP contribution in [0.1, 0.15) is 27.0 Å². The van der Waals surface area contributed by atoms with Crippen molar-refractivity contribution in [1.82, 2.24) is 4.90 Å². The minimum absolute atomic E-state index is 0.0599. The lowest BCUT2D eigenvalue weighted by Gasteiger charge is -2.36. The van der Waals surface area contributed by atoms with Crippen molar-refractivity contribution >= 4 is 17.5 Å². The number of anilines is 1. The second-order valence-corrected chi connectivity index (χ2v) is 7.81. The highest BCUT2D eigenvalue weighted by molar-refractivity contribution is 6.00. The highest BCUT2D eigenvalue weighted by Crippen LogP contribution is 2.46. The number of rotatable bonds is 5. The van der Waals surface area contributed by atoms with Gasteiger partial charge in [0, 0.05) is 22.3 Å². The number of hydrogen-bond acceptors (Lipinski definition) is 6. The molecule has 1 unspecified atom stereocenters. The Morgan fingerprint density at radius 3 is 2.67 bits per heavy atom. The van der Waals surface area contributed by atoms with Crippen LogP contribution >= 0.6 is 0 Å². The van der Waals surface area contributed by atoms with Crippen molar-refractivity contribution in [3.05, 3.63) is 82.9 Å². The molecule has 0 radical (unpaired) electrons. The Morgan fingerprint density at radius 1 is 1.06 bits per heavy atom. The van der Waals surface area contributed by atoms with Crippen molar-refractivity contribution in [3.8, 4) is 17.2 Å². The number of fused-ring (bicyclic) bond motifs is 2. The van der Waals surface area contributed by atoms with E-state index in [1.54, 1.807) is 54.6 Å². The Bertz CT molecular complexity index is 1270. The number of aliphatic hydroxyl groups is 1. The average Bonchev–Trinajstić information content (AvgIpc) is 3.06. The summed E-state index contributed by atoms with van der Waals surface area (Å²) in [7, 11) is 3.07. The molecule has 5 rings (SSSR count). The van der Waals surface area contributed by atoms with E-state index in [-0.39, 0.29) is 25.0 Å². The maximum Gasteiger partial charge on any atom is 0.262 e. The summed E-state index contributed by atoms with van der Waals surface area (Å²) in [6.07, 6.45) is 0. The minimum Gasteiger partial charge on any atom is -0.493 e. The van der Waals surface area contributed by atoms with Gasteiger partial charge in [0.05, 0.1) is 26.5 Å². The standard InChI is InChI=1S/C25H22N2O6/c1-31-21-9-5-6-15(23(21)32-2)13-27-24(29)17-7-3-4-8-18(17)25(27,30)16-10-11-20-19(12-16)26-22(28)14-33-20/h3-12,30H,13-14H2,1-2H3,(H,26,28). The first-order chi connectivity index (χ1) is 16.0. The van der Waals surface area contributed by atoms with Gasteiger partial charge >= 0.3 is 0 Å². The van der Waals surface area contributed by atoms with Crippen LogP contribution in [0.5, 0.6) is 17.2 Å². The fraction of sp³-hybridized carbons (Fsp3) is 0.200. The summed E-state index contributed by atoms with van der Waals surface area (Å²) in [6, 6.07) is 17.3. The van der Waals surface area contributed by atoms with Crippen LogP contribution in [0.2, 0.25) is 0 Å². The number of carbonyl (C=O) groups is 2. The lowest BCUT2D eigenvalue weighted by Crippen LogP contribution is -2.44. The molecule has 2 amide bonds. The van der Waals surface area contributed by atoms with Crippen LogP contribution in [0.4, 0.5) is 5.69 Å². The molecular weight excluding hydrogens is 424 g/mol. The summed E-state index contributed by atoms with van der Waals surface area (Å²) in [5.74, 6) is 0.901. The molecule has 0 saturated carbocycles. The molecule has 8 nitrogen and oxygen atoms in total. The van der Waals surface area contributed by atoms with Gasteiger partial charge in [-0.05, 0) is 24.3 Å². The van der Waals surface area contributed by atoms with Gasteiger partial charge in [-0.1, -0.05) is 36.4 Å². The average molecular weight is 446 g/mol. The second-order valence-electron chi connectivity index (χ2n) is 7.81. The smallest absolute Gasteiger partial charge is 0.262 e. The zero-order valence-electron chi connectivity index (χ0n) is 18.1. The summed E-state index contributed by atoms with van der Waals surface area (Å²) in [5.41, 5.74) is 0.616. The number of para-hydroxylation sites is 1. The summed E-state index contributed by atoms with van der Waals surface area (Å²) in [4.78, 5) is 26.7. The Hall–Kier alpha value is -4.04. The molecule has 0 aliphatic carbocycles. The zero-order valence-corrected chi connectivity index (χ0v) is 18.1. The summed E-state index contributed by atoms with van der Waals surface area (Å²) >= 11 is 0. The van der Waals surface area contributed by atoms with Crippen molar-refractivity contribution in [2.24, 2.45) is 0 Å². The van der Waals surface area contributed by atoms with Gasteiger partial charge in [-0.15, -0.1) is 0 Å². The number of nitrogens with one attached hydrogen (secondary N) is 1. The number of hydrogen-bond donors (Lipinski definition) is 2. The first-order valence-electron chi connectivity index (χ1n) is 10.4. The Balaban J connectivity index is 1.65. The van der Waals surface area contributed by atoms with Gasteiger partial charge in [0.25, 0.3) is 11.8 Å². The van der Waals surface area contributed by atoms with Crippen molar-refractivity contribution in [2.45, 2.75) is 12.3 Å². The van der Waals surface area contributed by atoms with Crippen molar-refractivity contribution in [1.29, 1.82) is 0 Å². The summed E-state index contributed by atoms with van der Waals surface area (Å²) in [6.45, 7) is -0.00990. The van der Waals surface area contributed by atoms with Crippen molar-refractivity contribution in [2.75, 3.05) is 26.1 Å². The maximum atomic E-state index is 13.5. The van der Waals surface area contributed by atoms with Crippen molar-refractivity contribution in [3.63, 3.8) is 0 Å². The minimum atomic E-state index is -1.78. The number of methoxy groups -OCH3 is 2. The van der Waals surface area contributed by atoms with Gasteiger partial charge in [-0.25, -0.2) is 0 Å². The lowest BCUT2D eigenvalue weighted by atomic mass is 9.93. The van der Waals surface area contributed by atoms with E-state index in [0.29, 0.717) is 45.2 Å². The zero-order chi connectivity index (χ0) is 23.2. The third-order valence-corrected chi connectivity index (χ3v) is 6.00. The molecule has 8 heteroatoms. The van der Waals surface area contributed by atoms with Gasteiger partial charge in [0.15, 0.2) is 23.8 Å². The Labute approximate surface area is 190 Å². The van der Waals surface area contributed by atoms with Crippen LogP contribution in [-0.2, 0) is 17.1 Å². The second kappa shape index (κ2) is 7.83. The fourth-order valence-electron chi connectivity index (χ4n) is 4.46. The lowest BCUT2D eigenvalue weighted by molar-refractivity contribution is -0.118. The van der Waals surface area contributed by atoms with E-state index in [0.717, 1.165) is 0 Å². The quantitative estimate of drug-likeness (QED) is 0.626. The fourth-order valence-corrected chi connectivity index (χ4v) is 4.46. The van der Waals surface area contributed by atoms with E-state index in [1.165, 1.54) is 19.1 Å². The SMILES string of the molecule is COc1cccc(CN2C(=O)c3ccccc3C2(O)c2ccc3c(c2)NC(=O)CO3)c1OC. The van der Waals surface area contributed by atoms with Gasteiger partial charge < -0.3 is 24.6 Å². The van der Waals surface area contributed by atoms with E-state index < -0.39 is 5.72 Å². The molecule has 2 N–H and O–H groups in total. The van der Waals surface area contributed by atoms with Crippen LogP contribution in [0, 0.1) is 0 Å². The molecule has 2 aliphatic heterocycles. The molecule has 0 spiro atoms. The molecule has 0 saturated heterocycles. The van der Waals surface area contributed by atoms with Crippen LogP contribution in [0.15, 0.2) is 60.7 Å². The monoisotopic (exact) mass is 446 g/mol. The van der Waals surface area contributed by atoms with Gasteiger partial charge in [0.1, 0.15) is 5.75 Å². The molecule has 1 atom stereocenters. The molecule has 33 heavy (non-hydrogen) atoms. The number of amides is 2. The molecule has 2 heterocycles. The molecule has 2 aliphatic rings. The van der Waals surface area contributed by atoms with E-state index in [1.807, 2.05) is 6.07 Å². The third-order valence-electron chi connectivity index (χ3n) is 6.00. The summed E-state index contributed by atoms with van der Waals surface area (Å²) < 4.78 is 16.4. The number of nitrogens with zero attached hydrogens (tertiary/aromatic N) is 1. The normalized spacial score (nSPS) is 18.8. The molecule has 0 bridgehead atoms. The van der Waals surface area contributed by atoms with Gasteiger partial charge in [0.2, 0.25) is 0 Å². The topological polar surface area (TPSA) is 97.3 Å². The third kappa shape index (κ3) is 3.18. The molecule has 0 aromatic heterocycles. The van der Waals surface area contributed by atoms with E-state index in [4.69, 9.17) is 14.2 Å². The molecule has 3 aromatic carbocycles. The van der Waals surface area contributed by atoms with Crippen LogP contribution < -0.4 is 19.5 Å². The maximum absolute atomic E-state index is 13.5. The highest BCUT2D eigenvalue weighted by Gasteiger charge is 2.50. The van der Waals surface area contributed by atoms with Crippen LogP contribution in [0.3, 0.4) is 0 Å². The van der Waals surface area contributed by atoms with E-state index in [9.17, 15) is 14.7 Å². The predicted octanol–water partition coefficient (Wildman–Crippen LogP) is 2.88. The van der Waals surface area contributed by atoms with Crippen LogP contribution in [0.25, 0.3) is 0 Å². The Morgan fingerprint density at radius 2 is 1.88 bits per heavy atom. The molecule has 0 fully saturated rings. The number of benzene rings is 3. The molecular formula is C25H22N2O6. The predicted molar refractivity (Wildman–Crippen MR) is 119 cm³/mol. The highest BCUT2D eigenvalue weighted by atomic mass is 16.5. The van der Waals surface area contributed by atoms with Gasteiger partial charge in [-0.3, -0.25) is 14.5 Å². The number of carbonyl (C=O) groups excluding carboxylic acids is 2. The summed E-state index contributed by atoms with van der Waals surface area (Å²) in [5, 5.41) is 14.9. The largest absolute Gasteiger partial charge is 0.493 e. The first-order valence-corrected chi connectivity index (χ1v) is 10.4. The Kier molecular flexibility index (Phi) is 4.94. The molecule has 3 aromatic rings. The van der Waals surface area contributed by atoms with Crippen molar-refractivity contribution < 1.29 is 28.9 Å². The van der Waals surface area contributed by atoms with E-state index >= 15 is 0 Å². The first kappa shape index (κ1) is 20.8.